The summed E-state index contributed by atoms with van der Waals surface area (Å²) < 4.78 is 20.7. The lowest BCUT2D eigenvalue weighted by Crippen LogP contribution is -2.19. The van der Waals surface area contributed by atoms with E-state index in [1.807, 2.05) is 0 Å². The van der Waals surface area contributed by atoms with E-state index in [2.05, 4.69) is 20.8 Å². The predicted octanol–water partition coefficient (Wildman–Crippen LogP) is 1.39. The van der Waals surface area contributed by atoms with E-state index in [1.54, 1.807) is 12.1 Å². The number of nitrogens with one attached hydrogen (secondary N) is 1. The van der Waals surface area contributed by atoms with Crippen LogP contribution in [0.3, 0.4) is 0 Å². The maximum atomic E-state index is 13.7. The van der Waals surface area contributed by atoms with Gasteiger partial charge in [-0.25, -0.2) is 9.07 Å². The number of hydrogen-bond donors (Lipinski definition) is 1. The van der Waals surface area contributed by atoms with Gasteiger partial charge in [-0.15, -0.1) is 5.10 Å². The Kier molecular flexibility index (Phi) is 3.37. The summed E-state index contributed by atoms with van der Waals surface area (Å²) in [6, 6.07) is 4.71. The van der Waals surface area contributed by atoms with Crippen LogP contribution >= 0.6 is 0 Å². The first-order valence-electron chi connectivity index (χ1n) is 6.21. The molecule has 0 spiro atoms. The van der Waals surface area contributed by atoms with Crippen molar-refractivity contribution in [1.29, 1.82) is 0 Å². The monoisotopic (exact) mass is 263 g/mol. The van der Waals surface area contributed by atoms with Crippen LogP contribution in [0.2, 0.25) is 0 Å². The second kappa shape index (κ2) is 5.31. The Morgan fingerprint density at radius 2 is 2.42 bits per heavy atom. The van der Waals surface area contributed by atoms with E-state index in [4.69, 9.17) is 4.74 Å². The quantitative estimate of drug-likeness (QED) is 0.903. The molecule has 0 bridgehead atoms. The van der Waals surface area contributed by atoms with Crippen molar-refractivity contribution >= 4 is 5.69 Å². The van der Waals surface area contributed by atoms with Crippen molar-refractivity contribution in [2.45, 2.75) is 18.9 Å². The molecule has 1 fully saturated rings. The van der Waals surface area contributed by atoms with Gasteiger partial charge in [0.1, 0.15) is 12.1 Å². The molecule has 100 valence electrons. The van der Waals surface area contributed by atoms with Crippen molar-refractivity contribution in [2.75, 3.05) is 18.5 Å². The first kappa shape index (κ1) is 12.0. The van der Waals surface area contributed by atoms with Gasteiger partial charge >= 0.3 is 0 Å². The molecule has 1 saturated heterocycles. The topological polar surface area (TPSA) is 64.9 Å². The molecule has 2 aromatic rings. The average molecular weight is 263 g/mol. The summed E-state index contributed by atoms with van der Waals surface area (Å²) in [6.45, 7) is 1.40. The minimum atomic E-state index is -0.296. The van der Waals surface area contributed by atoms with Gasteiger partial charge < -0.3 is 10.1 Å². The molecule has 7 heteroatoms. The second-order valence-electron chi connectivity index (χ2n) is 4.43. The number of benzene rings is 1. The standard InChI is InChI=1S/C12H14FN5O/c13-11-4-3-9(18-8-15-16-17-18)6-12(11)14-7-10-2-1-5-19-10/h3-4,6,8,10,14H,1-2,5,7H2. The molecule has 1 unspecified atom stereocenters. The van der Waals surface area contributed by atoms with Crippen LogP contribution in [0.1, 0.15) is 12.8 Å². The Morgan fingerprint density at radius 3 is 3.16 bits per heavy atom. The highest BCUT2D eigenvalue weighted by Gasteiger charge is 2.15. The molecule has 1 aromatic carbocycles. The van der Waals surface area contributed by atoms with Crippen molar-refractivity contribution in [2.24, 2.45) is 0 Å². The SMILES string of the molecule is Fc1ccc(-n2cnnn2)cc1NCC1CCCO1. The normalized spacial score (nSPS) is 18.7. The van der Waals surface area contributed by atoms with Crippen molar-refractivity contribution in [3.8, 4) is 5.69 Å². The molecule has 1 aliphatic rings. The Hall–Kier alpha value is -2.02. The van der Waals surface area contributed by atoms with E-state index in [0.717, 1.165) is 19.4 Å². The predicted molar refractivity (Wildman–Crippen MR) is 66.6 cm³/mol. The largest absolute Gasteiger partial charge is 0.380 e. The molecule has 0 radical (unpaired) electrons. The molecular formula is C12H14FN5O. The molecule has 1 N–H and O–H groups in total. The maximum Gasteiger partial charge on any atom is 0.146 e. The van der Waals surface area contributed by atoms with Crippen LogP contribution in [0.25, 0.3) is 5.69 Å². The summed E-state index contributed by atoms with van der Waals surface area (Å²) >= 11 is 0. The number of anilines is 1. The Bertz CT molecular complexity index is 539. The summed E-state index contributed by atoms with van der Waals surface area (Å²) in [4.78, 5) is 0. The zero-order chi connectivity index (χ0) is 13.1. The molecule has 1 atom stereocenters. The van der Waals surface area contributed by atoms with Crippen LogP contribution in [-0.2, 0) is 4.74 Å². The molecule has 1 aromatic heterocycles. The zero-order valence-corrected chi connectivity index (χ0v) is 10.3. The third-order valence-corrected chi connectivity index (χ3v) is 3.11. The van der Waals surface area contributed by atoms with Crippen LogP contribution in [0.15, 0.2) is 24.5 Å². The summed E-state index contributed by atoms with van der Waals surface area (Å²) in [5.41, 5.74) is 1.14. The van der Waals surface area contributed by atoms with Gasteiger partial charge in [0.05, 0.1) is 17.5 Å². The van der Waals surface area contributed by atoms with Crippen LogP contribution in [0, 0.1) is 5.82 Å². The van der Waals surface area contributed by atoms with Gasteiger partial charge in [-0.1, -0.05) is 0 Å². The van der Waals surface area contributed by atoms with Gasteiger partial charge in [0, 0.05) is 13.2 Å². The van der Waals surface area contributed by atoms with E-state index in [9.17, 15) is 4.39 Å². The first-order chi connectivity index (χ1) is 9.33. The van der Waals surface area contributed by atoms with Gasteiger partial charge in [0.25, 0.3) is 0 Å². The minimum absolute atomic E-state index is 0.163. The van der Waals surface area contributed by atoms with Crippen LogP contribution in [-0.4, -0.2) is 39.5 Å². The van der Waals surface area contributed by atoms with Gasteiger partial charge in [-0.05, 0) is 41.5 Å². The molecule has 0 aliphatic carbocycles. The Morgan fingerprint density at radius 1 is 1.47 bits per heavy atom. The second-order valence-corrected chi connectivity index (χ2v) is 4.43. The van der Waals surface area contributed by atoms with E-state index >= 15 is 0 Å². The minimum Gasteiger partial charge on any atom is -0.380 e. The highest BCUT2D eigenvalue weighted by Crippen LogP contribution is 2.19. The maximum absolute atomic E-state index is 13.7. The van der Waals surface area contributed by atoms with Crippen molar-refractivity contribution in [3.63, 3.8) is 0 Å². The highest BCUT2D eigenvalue weighted by atomic mass is 19.1. The number of rotatable bonds is 4. The van der Waals surface area contributed by atoms with Crippen molar-refractivity contribution in [3.05, 3.63) is 30.3 Å². The van der Waals surface area contributed by atoms with E-state index in [1.165, 1.54) is 17.1 Å². The van der Waals surface area contributed by atoms with Crippen molar-refractivity contribution < 1.29 is 9.13 Å². The third kappa shape index (κ3) is 2.70. The van der Waals surface area contributed by atoms with Gasteiger partial charge in [-0.3, -0.25) is 0 Å². The molecule has 1 aliphatic heterocycles. The summed E-state index contributed by atoms with van der Waals surface area (Å²) in [5.74, 6) is -0.296. The summed E-state index contributed by atoms with van der Waals surface area (Å²) in [7, 11) is 0. The Labute approximate surface area is 109 Å². The summed E-state index contributed by atoms with van der Waals surface area (Å²) in [5, 5.41) is 14.0. The van der Waals surface area contributed by atoms with E-state index < -0.39 is 0 Å². The lowest BCUT2D eigenvalue weighted by atomic mass is 10.2. The fourth-order valence-corrected chi connectivity index (χ4v) is 2.10. The number of nitrogens with zero attached hydrogens (tertiary/aromatic N) is 4. The van der Waals surface area contributed by atoms with Crippen molar-refractivity contribution in [1.82, 2.24) is 20.2 Å². The lowest BCUT2D eigenvalue weighted by Gasteiger charge is -2.13. The number of aromatic nitrogens is 4. The first-order valence-corrected chi connectivity index (χ1v) is 6.21. The van der Waals surface area contributed by atoms with E-state index in [0.29, 0.717) is 17.9 Å². The molecule has 2 heterocycles. The fraction of sp³-hybridized carbons (Fsp3) is 0.417. The Balaban J connectivity index is 1.74. The van der Waals surface area contributed by atoms with Gasteiger partial charge in [-0.2, -0.15) is 0 Å². The molecule has 3 rings (SSSR count). The average Bonchev–Trinajstić information content (AvgIpc) is 3.11. The highest BCUT2D eigenvalue weighted by molar-refractivity contribution is 5.52. The third-order valence-electron chi connectivity index (χ3n) is 3.11. The fourth-order valence-electron chi connectivity index (χ4n) is 2.10. The van der Waals surface area contributed by atoms with Crippen LogP contribution in [0.5, 0.6) is 0 Å². The van der Waals surface area contributed by atoms with Gasteiger partial charge in [0.2, 0.25) is 0 Å². The number of halogens is 1. The lowest BCUT2D eigenvalue weighted by molar-refractivity contribution is 0.120. The van der Waals surface area contributed by atoms with Crippen LogP contribution < -0.4 is 5.32 Å². The molecule has 6 nitrogen and oxygen atoms in total. The molecule has 0 amide bonds. The molecule has 0 saturated carbocycles. The smallest absolute Gasteiger partial charge is 0.146 e. The number of tetrazole rings is 1. The molecule has 19 heavy (non-hydrogen) atoms. The van der Waals surface area contributed by atoms with E-state index in [-0.39, 0.29) is 11.9 Å². The molecular weight excluding hydrogens is 249 g/mol. The zero-order valence-electron chi connectivity index (χ0n) is 10.3. The summed E-state index contributed by atoms with van der Waals surface area (Å²) in [6.07, 6.45) is 3.72. The number of hydrogen-bond acceptors (Lipinski definition) is 5. The number of ether oxygens (including phenoxy) is 1. The van der Waals surface area contributed by atoms with Crippen LogP contribution in [0.4, 0.5) is 10.1 Å². The van der Waals surface area contributed by atoms with Gasteiger partial charge in [0.15, 0.2) is 0 Å².